The Hall–Kier alpha value is -0.780. The summed E-state index contributed by atoms with van der Waals surface area (Å²) in [5.74, 6) is 0.184. The van der Waals surface area contributed by atoms with Crippen LogP contribution in [0, 0.1) is 0 Å². The third kappa shape index (κ3) is 11.7. The molecule has 0 bridgehead atoms. The standard InChI is InChI=1S/C13H25NO4/c1-11(15)10-18-12(2)4-5-13(16)6-8-17-9-7-14-3/h12,14H,4-10H2,1-3H3. The van der Waals surface area contributed by atoms with Gasteiger partial charge in [-0.25, -0.2) is 0 Å². The molecule has 0 saturated heterocycles. The van der Waals surface area contributed by atoms with Crippen LogP contribution in [0.2, 0.25) is 0 Å². The van der Waals surface area contributed by atoms with Crippen molar-refractivity contribution in [2.45, 2.75) is 39.2 Å². The van der Waals surface area contributed by atoms with Gasteiger partial charge in [-0.2, -0.15) is 0 Å². The number of carbonyl (C=O) groups excluding carboxylic acids is 2. The highest BCUT2D eigenvalue weighted by Crippen LogP contribution is 2.04. The van der Waals surface area contributed by atoms with Crippen LogP contribution in [-0.2, 0) is 19.1 Å². The van der Waals surface area contributed by atoms with Crippen molar-refractivity contribution in [3.63, 3.8) is 0 Å². The van der Waals surface area contributed by atoms with E-state index in [1.54, 1.807) is 0 Å². The zero-order chi connectivity index (χ0) is 13.8. The summed E-state index contributed by atoms with van der Waals surface area (Å²) in [6.45, 7) is 5.39. The van der Waals surface area contributed by atoms with Gasteiger partial charge < -0.3 is 14.8 Å². The lowest BCUT2D eigenvalue weighted by atomic mass is 10.1. The van der Waals surface area contributed by atoms with Gasteiger partial charge in [0.25, 0.3) is 0 Å². The molecule has 0 fully saturated rings. The Bertz CT molecular complexity index is 243. The molecule has 0 amide bonds. The predicted molar refractivity (Wildman–Crippen MR) is 69.7 cm³/mol. The fraction of sp³-hybridized carbons (Fsp3) is 0.846. The van der Waals surface area contributed by atoms with Crippen molar-refractivity contribution in [2.75, 3.05) is 33.4 Å². The molecule has 0 heterocycles. The van der Waals surface area contributed by atoms with E-state index in [1.165, 1.54) is 6.92 Å². The Balaban J connectivity index is 3.43. The van der Waals surface area contributed by atoms with Gasteiger partial charge in [0.15, 0.2) is 5.78 Å². The Morgan fingerprint density at radius 1 is 1.22 bits per heavy atom. The lowest BCUT2D eigenvalue weighted by Gasteiger charge is -2.11. The van der Waals surface area contributed by atoms with Gasteiger partial charge in [0.2, 0.25) is 0 Å². The van der Waals surface area contributed by atoms with Crippen molar-refractivity contribution in [1.29, 1.82) is 0 Å². The zero-order valence-electron chi connectivity index (χ0n) is 11.7. The summed E-state index contributed by atoms with van der Waals surface area (Å²) in [6.07, 6.45) is 1.53. The van der Waals surface area contributed by atoms with Gasteiger partial charge in [-0.05, 0) is 27.3 Å². The van der Waals surface area contributed by atoms with Crippen LogP contribution in [0.25, 0.3) is 0 Å². The summed E-state index contributed by atoms with van der Waals surface area (Å²) in [4.78, 5) is 22.2. The number of Topliss-reactive ketones (excluding diaryl/α,β-unsaturated/α-hetero) is 2. The van der Waals surface area contributed by atoms with Crippen molar-refractivity contribution < 1.29 is 19.1 Å². The molecule has 1 N–H and O–H groups in total. The van der Waals surface area contributed by atoms with Crippen LogP contribution in [0.1, 0.15) is 33.1 Å². The summed E-state index contributed by atoms with van der Waals surface area (Å²) >= 11 is 0. The number of nitrogens with one attached hydrogen (secondary N) is 1. The van der Waals surface area contributed by atoms with Crippen LogP contribution in [0.15, 0.2) is 0 Å². The Labute approximate surface area is 109 Å². The van der Waals surface area contributed by atoms with Gasteiger partial charge in [-0.1, -0.05) is 0 Å². The van der Waals surface area contributed by atoms with Gasteiger partial charge in [0.05, 0.1) is 19.3 Å². The first kappa shape index (κ1) is 17.2. The smallest absolute Gasteiger partial charge is 0.155 e. The molecule has 5 heteroatoms. The second-order valence-corrected chi connectivity index (χ2v) is 4.37. The normalized spacial score (nSPS) is 12.4. The number of likely N-dealkylation sites (N-methyl/N-ethyl adjacent to an activating group) is 1. The topological polar surface area (TPSA) is 64.6 Å². The first-order valence-corrected chi connectivity index (χ1v) is 6.41. The number of ether oxygens (including phenoxy) is 2. The van der Waals surface area contributed by atoms with Gasteiger partial charge in [-0.3, -0.25) is 9.59 Å². The fourth-order valence-electron chi connectivity index (χ4n) is 1.29. The van der Waals surface area contributed by atoms with Crippen LogP contribution < -0.4 is 5.32 Å². The van der Waals surface area contributed by atoms with Crippen LogP contribution in [0.5, 0.6) is 0 Å². The number of hydrogen-bond acceptors (Lipinski definition) is 5. The van der Waals surface area contributed by atoms with Gasteiger partial charge in [0, 0.05) is 19.4 Å². The summed E-state index contributed by atoms with van der Waals surface area (Å²) < 4.78 is 10.5. The molecular weight excluding hydrogens is 234 g/mol. The zero-order valence-corrected chi connectivity index (χ0v) is 11.7. The fourth-order valence-corrected chi connectivity index (χ4v) is 1.29. The average Bonchev–Trinajstić information content (AvgIpc) is 2.33. The molecule has 1 unspecified atom stereocenters. The van der Waals surface area contributed by atoms with Crippen LogP contribution in [0.4, 0.5) is 0 Å². The molecule has 0 aliphatic carbocycles. The number of ketones is 2. The van der Waals surface area contributed by atoms with E-state index >= 15 is 0 Å². The monoisotopic (exact) mass is 259 g/mol. The number of hydrogen-bond donors (Lipinski definition) is 1. The molecule has 1 atom stereocenters. The lowest BCUT2D eigenvalue weighted by molar-refractivity contribution is -0.123. The summed E-state index contributed by atoms with van der Waals surface area (Å²) in [5.41, 5.74) is 0. The van der Waals surface area contributed by atoms with Crippen LogP contribution in [0.3, 0.4) is 0 Å². The van der Waals surface area contributed by atoms with E-state index in [2.05, 4.69) is 5.32 Å². The molecule has 0 spiro atoms. The number of carbonyl (C=O) groups is 2. The van der Waals surface area contributed by atoms with Crippen LogP contribution in [-0.4, -0.2) is 51.1 Å². The minimum absolute atomic E-state index is 0.00566. The summed E-state index contributed by atoms with van der Waals surface area (Å²) in [7, 11) is 1.86. The van der Waals surface area contributed by atoms with E-state index in [1.807, 2.05) is 14.0 Å². The minimum Gasteiger partial charge on any atom is -0.380 e. The third-order valence-electron chi connectivity index (χ3n) is 2.42. The largest absolute Gasteiger partial charge is 0.380 e. The van der Waals surface area contributed by atoms with Crippen molar-refractivity contribution in [2.24, 2.45) is 0 Å². The molecule has 0 aromatic rings. The maximum absolute atomic E-state index is 11.5. The van der Waals surface area contributed by atoms with Gasteiger partial charge in [0.1, 0.15) is 12.4 Å². The molecule has 5 nitrogen and oxygen atoms in total. The van der Waals surface area contributed by atoms with E-state index in [0.717, 1.165) is 6.54 Å². The predicted octanol–water partition coefficient (Wildman–Crippen LogP) is 0.956. The van der Waals surface area contributed by atoms with E-state index in [-0.39, 0.29) is 24.3 Å². The Kier molecular flexibility index (Phi) is 10.8. The van der Waals surface area contributed by atoms with Crippen LogP contribution >= 0.6 is 0 Å². The van der Waals surface area contributed by atoms with Crippen molar-refractivity contribution >= 4 is 11.6 Å². The molecule has 0 aromatic carbocycles. The molecule has 0 saturated carbocycles. The highest BCUT2D eigenvalue weighted by Gasteiger charge is 2.08. The van der Waals surface area contributed by atoms with E-state index in [0.29, 0.717) is 32.5 Å². The van der Waals surface area contributed by atoms with Crippen molar-refractivity contribution in [3.05, 3.63) is 0 Å². The summed E-state index contributed by atoms with van der Waals surface area (Å²) in [6, 6.07) is 0. The molecule has 0 rings (SSSR count). The average molecular weight is 259 g/mol. The van der Waals surface area contributed by atoms with Gasteiger partial charge >= 0.3 is 0 Å². The minimum atomic E-state index is -0.0527. The SMILES string of the molecule is CNCCOCCC(=O)CCC(C)OCC(C)=O. The number of rotatable bonds is 12. The Morgan fingerprint density at radius 3 is 2.56 bits per heavy atom. The summed E-state index contributed by atoms with van der Waals surface area (Å²) in [5, 5.41) is 2.97. The third-order valence-corrected chi connectivity index (χ3v) is 2.42. The highest BCUT2D eigenvalue weighted by molar-refractivity contribution is 5.78. The van der Waals surface area contributed by atoms with Crippen molar-refractivity contribution in [3.8, 4) is 0 Å². The Morgan fingerprint density at radius 2 is 1.94 bits per heavy atom. The lowest BCUT2D eigenvalue weighted by Crippen LogP contribution is -2.17. The molecule has 0 aliphatic rings. The molecule has 0 radical (unpaired) electrons. The van der Waals surface area contributed by atoms with E-state index in [9.17, 15) is 9.59 Å². The van der Waals surface area contributed by atoms with E-state index < -0.39 is 0 Å². The second-order valence-electron chi connectivity index (χ2n) is 4.37. The molecule has 106 valence electrons. The first-order valence-electron chi connectivity index (χ1n) is 6.41. The maximum Gasteiger partial charge on any atom is 0.155 e. The molecule has 18 heavy (non-hydrogen) atoms. The second kappa shape index (κ2) is 11.3. The molecular formula is C13H25NO4. The molecule has 0 aromatic heterocycles. The van der Waals surface area contributed by atoms with Crippen molar-refractivity contribution in [1.82, 2.24) is 5.32 Å². The van der Waals surface area contributed by atoms with E-state index in [4.69, 9.17) is 9.47 Å². The first-order chi connectivity index (χ1) is 8.56. The maximum atomic E-state index is 11.5. The highest BCUT2D eigenvalue weighted by atomic mass is 16.5. The molecule has 0 aliphatic heterocycles. The quantitative estimate of drug-likeness (QED) is 0.529. The van der Waals surface area contributed by atoms with Gasteiger partial charge in [-0.15, -0.1) is 0 Å².